The van der Waals surface area contributed by atoms with Crippen LogP contribution in [0.5, 0.6) is 0 Å². The number of hydrogen-bond donors (Lipinski definition) is 2. The van der Waals surface area contributed by atoms with E-state index in [1.54, 1.807) is 10.9 Å². The van der Waals surface area contributed by atoms with Crippen LogP contribution in [0.4, 0.5) is 4.79 Å². The number of hydrogen-bond acceptors (Lipinski definition) is 2. The van der Waals surface area contributed by atoms with Crippen molar-refractivity contribution >= 4 is 6.03 Å². The zero-order chi connectivity index (χ0) is 15.8. The highest BCUT2D eigenvalue weighted by atomic mass is 16.2. The fraction of sp³-hybridized carbons (Fsp3) is 0.412. The number of aromatic nitrogens is 2. The van der Waals surface area contributed by atoms with Gasteiger partial charge in [0, 0.05) is 24.8 Å². The van der Waals surface area contributed by atoms with Gasteiger partial charge in [0.25, 0.3) is 0 Å². The first kappa shape index (κ1) is 16.1. The highest BCUT2D eigenvalue weighted by Crippen LogP contribution is 2.07. The van der Waals surface area contributed by atoms with Crippen LogP contribution in [-0.4, -0.2) is 22.4 Å². The van der Waals surface area contributed by atoms with Gasteiger partial charge in [-0.25, -0.2) is 9.48 Å². The molecule has 118 valence electrons. The first-order chi connectivity index (χ1) is 10.6. The quantitative estimate of drug-likeness (QED) is 0.772. The van der Waals surface area contributed by atoms with Gasteiger partial charge in [-0.3, -0.25) is 0 Å². The lowest BCUT2D eigenvalue weighted by molar-refractivity contribution is 0.240. The summed E-state index contributed by atoms with van der Waals surface area (Å²) in [6, 6.07) is 9.77. The molecule has 0 radical (unpaired) electrons. The topological polar surface area (TPSA) is 59.0 Å². The summed E-state index contributed by atoms with van der Waals surface area (Å²) in [5, 5.41) is 10.0. The van der Waals surface area contributed by atoms with Gasteiger partial charge in [-0.05, 0) is 30.9 Å². The van der Waals surface area contributed by atoms with Crippen LogP contribution < -0.4 is 10.6 Å². The lowest BCUT2D eigenvalue weighted by Gasteiger charge is -2.07. The largest absolute Gasteiger partial charge is 0.338 e. The lowest BCUT2D eigenvalue weighted by Crippen LogP contribution is -2.35. The Morgan fingerprint density at radius 2 is 2.00 bits per heavy atom. The molecule has 0 aliphatic carbocycles. The molecule has 0 aliphatic heterocycles. The minimum atomic E-state index is -0.129. The monoisotopic (exact) mass is 300 g/mol. The summed E-state index contributed by atoms with van der Waals surface area (Å²) in [5.74, 6) is 0.675. The Morgan fingerprint density at radius 3 is 2.73 bits per heavy atom. The number of nitrogens with one attached hydrogen (secondary N) is 2. The molecule has 0 unspecified atom stereocenters. The van der Waals surface area contributed by atoms with E-state index in [1.807, 2.05) is 36.5 Å². The lowest BCUT2D eigenvalue weighted by atomic mass is 10.1. The molecule has 1 aromatic carbocycles. The van der Waals surface area contributed by atoms with Gasteiger partial charge in [-0.15, -0.1) is 0 Å². The zero-order valence-electron chi connectivity index (χ0n) is 13.2. The Labute approximate surface area is 131 Å². The number of carbonyl (C=O) groups is 1. The van der Waals surface area contributed by atoms with Crippen molar-refractivity contribution in [2.75, 3.05) is 6.54 Å². The van der Waals surface area contributed by atoms with Crippen molar-refractivity contribution in [2.24, 2.45) is 5.92 Å². The predicted octanol–water partition coefficient (Wildman–Crippen LogP) is 3.11. The maximum atomic E-state index is 11.7. The molecule has 1 heterocycles. The number of para-hydroxylation sites is 1. The van der Waals surface area contributed by atoms with Crippen LogP contribution in [0, 0.1) is 5.92 Å². The molecular weight excluding hydrogens is 276 g/mol. The maximum Gasteiger partial charge on any atom is 0.315 e. The van der Waals surface area contributed by atoms with Crippen LogP contribution in [0.1, 0.15) is 32.3 Å². The Morgan fingerprint density at radius 1 is 1.23 bits per heavy atom. The standard InChI is InChI=1S/C17H24N4O/c1-14(2)7-6-10-18-17(22)19-11-15-12-20-21(13-15)16-8-4-3-5-9-16/h3-5,8-9,12-14H,6-7,10-11H2,1-2H3,(H2,18,19,22). The zero-order valence-corrected chi connectivity index (χ0v) is 13.2. The third-order valence-corrected chi connectivity index (χ3v) is 3.35. The molecule has 1 aromatic heterocycles. The van der Waals surface area contributed by atoms with Crippen LogP contribution in [-0.2, 0) is 6.54 Å². The maximum absolute atomic E-state index is 11.7. The minimum Gasteiger partial charge on any atom is -0.338 e. The van der Waals surface area contributed by atoms with E-state index >= 15 is 0 Å². The van der Waals surface area contributed by atoms with Crippen molar-refractivity contribution in [2.45, 2.75) is 33.2 Å². The molecule has 0 fully saturated rings. The van der Waals surface area contributed by atoms with Gasteiger partial charge in [0.15, 0.2) is 0 Å². The Kier molecular flexibility index (Phi) is 6.01. The summed E-state index contributed by atoms with van der Waals surface area (Å²) in [6.07, 6.45) is 5.83. The van der Waals surface area contributed by atoms with Gasteiger partial charge in [0.1, 0.15) is 0 Å². The van der Waals surface area contributed by atoms with Gasteiger partial charge >= 0.3 is 6.03 Å². The van der Waals surface area contributed by atoms with Crippen molar-refractivity contribution in [3.05, 3.63) is 48.3 Å². The van der Waals surface area contributed by atoms with Crippen molar-refractivity contribution in [1.29, 1.82) is 0 Å². The fourth-order valence-electron chi connectivity index (χ4n) is 2.13. The van der Waals surface area contributed by atoms with E-state index < -0.39 is 0 Å². The second-order valence-electron chi connectivity index (χ2n) is 5.77. The Hall–Kier alpha value is -2.30. The summed E-state index contributed by atoms with van der Waals surface area (Å²) >= 11 is 0. The minimum absolute atomic E-state index is 0.129. The van der Waals surface area contributed by atoms with E-state index in [-0.39, 0.29) is 6.03 Å². The summed E-state index contributed by atoms with van der Waals surface area (Å²) in [4.78, 5) is 11.7. The first-order valence-electron chi connectivity index (χ1n) is 7.76. The fourth-order valence-corrected chi connectivity index (χ4v) is 2.13. The van der Waals surface area contributed by atoms with E-state index in [2.05, 4.69) is 29.6 Å². The third kappa shape index (κ3) is 5.24. The highest BCUT2D eigenvalue weighted by Gasteiger charge is 2.03. The second-order valence-corrected chi connectivity index (χ2v) is 5.77. The Bertz CT molecular complexity index is 577. The van der Waals surface area contributed by atoms with E-state index in [0.29, 0.717) is 19.0 Å². The molecule has 2 amide bonds. The normalized spacial score (nSPS) is 10.7. The number of benzene rings is 1. The van der Waals surface area contributed by atoms with Crippen molar-refractivity contribution in [3.8, 4) is 5.69 Å². The number of rotatable bonds is 7. The molecule has 2 N–H and O–H groups in total. The molecule has 0 atom stereocenters. The number of urea groups is 1. The smallest absolute Gasteiger partial charge is 0.315 e. The third-order valence-electron chi connectivity index (χ3n) is 3.35. The molecule has 22 heavy (non-hydrogen) atoms. The predicted molar refractivity (Wildman–Crippen MR) is 87.9 cm³/mol. The first-order valence-corrected chi connectivity index (χ1v) is 7.76. The van der Waals surface area contributed by atoms with E-state index in [1.165, 1.54) is 0 Å². The van der Waals surface area contributed by atoms with Crippen LogP contribution in [0.2, 0.25) is 0 Å². The van der Waals surface area contributed by atoms with Gasteiger partial charge in [-0.1, -0.05) is 32.0 Å². The van der Waals surface area contributed by atoms with Gasteiger partial charge in [0.2, 0.25) is 0 Å². The SMILES string of the molecule is CC(C)CCCNC(=O)NCc1cnn(-c2ccccc2)c1. The molecule has 0 spiro atoms. The molecule has 5 heteroatoms. The average Bonchev–Trinajstić information content (AvgIpc) is 2.99. The van der Waals surface area contributed by atoms with Gasteiger partial charge < -0.3 is 10.6 Å². The molecule has 2 rings (SSSR count). The van der Waals surface area contributed by atoms with Gasteiger partial charge in [0.05, 0.1) is 11.9 Å². The molecule has 2 aromatic rings. The summed E-state index contributed by atoms with van der Waals surface area (Å²) in [6.45, 7) is 5.56. The van der Waals surface area contributed by atoms with Crippen LogP contribution in [0.25, 0.3) is 5.69 Å². The van der Waals surface area contributed by atoms with E-state index in [4.69, 9.17) is 0 Å². The second kappa shape index (κ2) is 8.22. The van der Waals surface area contributed by atoms with Gasteiger partial charge in [-0.2, -0.15) is 5.10 Å². The molecule has 5 nitrogen and oxygen atoms in total. The Balaban J connectivity index is 1.73. The van der Waals surface area contributed by atoms with Crippen LogP contribution >= 0.6 is 0 Å². The highest BCUT2D eigenvalue weighted by molar-refractivity contribution is 5.73. The molecule has 0 aliphatic rings. The molecule has 0 saturated carbocycles. The summed E-state index contributed by atoms with van der Waals surface area (Å²) in [7, 11) is 0. The molecular formula is C17H24N4O. The molecule has 0 saturated heterocycles. The van der Waals surface area contributed by atoms with Crippen molar-refractivity contribution in [1.82, 2.24) is 20.4 Å². The number of nitrogens with zero attached hydrogens (tertiary/aromatic N) is 2. The van der Waals surface area contributed by atoms with Crippen molar-refractivity contribution in [3.63, 3.8) is 0 Å². The van der Waals surface area contributed by atoms with E-state index in [9.17, 15) is 4.79 Å². The van der Waals surface area contributed by atoms with Crippen LogP contribution in [0.15, 0.2) is 42.7 Å². The molecule has 0 bridgehead atoms. The number of amides is 2. The summed E-state index contributed by atoms with van der Waals surface area (Å²) < 4.78 is 1.80. The number of carbonyl (C=O) groups excluding carboxylic acids is 1. The summed E-state index contributed by atoms with van der Waals surface area (Å²) in [5.41, 5.74) is 1.98. The van der Waals surface area contributed by atoms with Crippen molar-refractivity contribution < 1.29 is 4.79 Å². The van der Waals surface area contributed by atoms with Crippen LogP contribution in [0.3, 0.4) is 0 Å². The average molecular weight is 300 g/mol. The van der Waals surface area contributed by atoms with E-state index in [0.717, 1.165) is 24.1 Å².